The van der Waals surface area contributed by atoms with E-state index in [2.05, 4.69) is 105 Å². The highest BCUT2D eigenvalue weighted by Crippen LogP contribution is 2.51. The van der Waals surface area contributed by atoms with Crippen LogP contribution in [0.2, 0.25) is 0 Å². The summed E-state index contributed by atoms with van der Waals surface area (Å²) in [7, 11) is 4.31. The molecule has 126 valence electrons. The lowest BCUT2D eigenvalue weighted by Crippen LogP contribution is -2.34. The topological polar surface area (TPSA) is 7.12 Å². The normalized spacial score (nSPS) is 14.8. The van der Waals surface area contributed by atoms with Crippen LogP contribution in [0.25, 0.3) is 11.3 Å². The van der Waals surface area contributed by atoms with Gasteiger partial charge in [-0.25, -0.2) is 4.57 Å². The van der Waals surface area contributed by atoms with E-state index in [0.29, 0.717) is 0 Å². The highest BCUT2D eigenvalue weighted by molar-refractivity contribution is 5.89. The van der Waals surface area contributed by atoms with E-state index in [9.17, 15) is 0 Å². The second kappa shape index (κ2) is 5.45. The zero-order valence-corrected chi connectivity index (χ0v) is 15.7. The Hall–Kier alpha value is -2.61. The second-order valence-corrected chi connectivity index (χ2v) is 7.55. The molecule has 0 N–H and O–H groups in total. The number of fused-ring (bicyclic) bond motifs is 2. The number of hydrogen-bond donors (Lipinski definition) is 0. The molecule has 1 aliphatic heterocycles. The first-order valence-electron chi connectivity index (χ1n) is 8.85. The van der Waals surface area contributed by atoms with Gasteiger partial charge >= 0.3 is 0 Å². The maximum absolute atomic E-state index is 2.37. The number of anilines is 2. The number of rotatable bonds is 1. The van der Waals surface area contributed by atoms with Gasteiger partial charge in [0.15, 0.2) is 6.20 Å². The van der Waals surface area contributed by atoms with E-state index < -0.39 is 0 Å². The molecule has 0 unspecified atom stereocenters. The molecule has 25 heavy (non-hydrogen) atoms. The molecule has 2 aromatic carbocycles. The van der Waals surface area contributed by atoms with Gasteiger partial charge in [-0.15, -0.1) is 0 Å². The summed E-state index contributed by atoms with van der Waals surface area (Å²) < 4.78 is 2.21. The van der Waals surface area contributed by atoms with Crippen molar-refractivity contribution in [1.29, 1.82) is 0 Å². The molecular weight excluding hydrogens is 304 g/mol. The Morgan fingerprint density at radius 2 is 1.60 bits per heavy atom. The maximum atomic E-state index is 2.37. The minimum atomic E-state index is -0.0196. The lowest BCUT2D eigenvalue weighted by atomic mass is 9.72. The van der Waals surface area contributed by atoms with Crippen molar-refractivity contribution in [3.63, 3.8) is 0 Å². The van der Waals surface area contributed by atoms with Gasteiger partial charge in [0.05, 0.1) is 11.3 Å². The fourth-order valence-electron chi connectivity index (χ4n) is 4.21. The average molecular weight is 329 g/mol. The fraction of sp³-hybridized carbons (Fsp3) is 0.261. The Balaban J connectivity index is 2.09. The van der Waals surface area contributed by atoms with Gasteiger partial charge in [-0.2, -0.15) is 0 Å². The van der Waals surface area contributed by atoms with Crippen molar-refractivity contribution in [2.24, 2.45) is 7.05 Å². The third kappa shape index (κ3) is 2.21. The van der Waals surface area contributed by atoms with Crippen LogP contribution in [-0.2, 0) is 12.5 Å². The molecule has 0 amide bonds. The largest absolute Gasteiger partial charge is 0.343 e. The molecule has 0 bridgehead atoms. The molecule has 2 heterocycles. The molecule has 3 aromatic rings. The lowest BCUT2D eigenvalue weighted by molar-refractivity contribution is -0.660. The van der Waals surface area contributed by atoms with Crippen molar-refractivity contribution in [2.75, 3.05) is 11.9 Å². The first-order valence-corrected chi connectivity index (χ1v) is 8.85. The van der Waals surface area contributed by atoms with Crippen LogP contribution in [-0.4, -0.2) is 7.05 Å². The number of aryl methyl sites for hydroxylation is 2. The van der Waals surface area contributed by atoms with Crippen LogP contribution in [0, 0.1) is 6.92 Å². The Kier molecular flexibility index (Phi) is 3.47. The molecule has 2 nitrogen and oxygen atoms in total. The van der Waals surface area contributed by atoms with Gasteiger partial charge in [0.25, 0.3) is 0 Å². The number of aromatic nitrogens is 1. The Morgan fingerprint density at radius 3 is 2.36 bits per heavy atom. The van der Waals surface area contributed by atoms with Crippen molar-refractivity contribution in [1.82, 2.24) is 0 Å². The summed E-state index contributed by atoms with van der Waals surface area (Å²) in [4.78, 5) is 2.37. The second-order valence-electron chi connectivity index (χ2n) is 7.55. The molecule has 0 saturated carbocycles. The SMILES string of the molecule is Cc1ccc2c(c1-c1cccc[n+]1C)N(C)c1ccccc1C2(C)C. The van der Waals surface area contributed by atoms with Gasteiger partial charge in [0.2, 0.25) is 5.69 Å². The standard InChI is InChI=1S/C23H25N2/c1-16-13-14-18-22(21(16)20-12-8-9-15-24(20)4)25(5)19-11-7-6-10-17(19)23(18,2)3/h6-15H,1-5H3/q+1. The van der Waals surface area contributed by atoms with E-state index in [1.165, 1.54) is 39.3 Å². The zero-order valence-electron chi connectivity index (χ0n) is 15.7. The van der Waals surface area contributed by atoms with Crippen LogP contribution in [0.3, 0.4) is 0 Å². The number of pyridine rings is 1. The van der Waals surface area contributed by atoms with E-state index in [1.54, 1.807) is 0 Å². The maximum Gasteiger partial charge on any atom is 0.214 e. The van der Waals surface area contributed by atoms with Gasteiger partial charge in [0.1, 0.15) is 7.05 Å². The zero-order chi connectivity index (χ0) is 17.8. The van der Waals surface area contributed by atoms with Crippen molar-refractivity contribution < 1.29 is 4.57 Å². The van der Waals surface area contributed by atoms with E-state index in [4.69, 9.17) is 0 Å². The van der Waals surface area contributed by atoms with E-state index in [0.717, 1.165) is 0 Å². The van der Waals surface area contributed by atoms with E-state index in [-0.39, 0.29) is 5.41 Å². The van der Waals surface area contributed by atoms with Crippen molar-refractivity contribution in [3.8, 4) is 11.3 Å². The third-order valence-corrected chi connectivity index (χ3v) is 5.64. The van der Waals surface area contributed by atoms with Crippen molar-refractivity contribution >= 4 is 11.4 Å². The molecule has 0 saturated heterocycles. The first kappa shape index (κ1) is 15.9. The van der Waals surface area contributed by atoms with E-state index in [1.807, 2.05) is 0 Å². The summed E-state index contributed by atoms with van der Waals surface area (Å²) in [5.74, 6) is 0. The number of para-hydroxylation sites is 1. The van der Waals surface area contributed by atoms with Crippen molar-refractivity contribution in [3.05, 3.63) is 77.5 Å². The van der Waals surface area contributed by atoms with Crippen LogP contribution >= 0.6 is 0 Å². The van der Waals surface area contributed by atoms with Crippen LogP contribution in [0.4, 0.5) is 11.4 Å². The Morgan fingerprint density at radius 1 is 0.880 bits per heavy atom. The number of hydrogen-bond acceptors (Lipinski definition) is 1. The molecule has 1 aliphatic rings. The van der Waals surface area contributed by atoms with Gasteiger partial charge in [0, 0.05) is 30.3 Å². The molecular formula is C23H25N2+. The van der Waals surface area contributed by atoms with Crippen molar-refractivity contribution in [2.45, 2.75) is 26.2 Å². The summed E-state index contributed by atoms with van der Waals surface area (Å²) in [5, 5.41) is 0. The molecule has 2 heteroatoms. The highest BCUT2D eigenvalue weighted by Gasteiger charge is 2.37. The van der Waals surface area contributed by atoms with Crippen LogP contribution < -0.4 is 9.47 Å². The predicted octanol–water partition coefficient (Wildman–Crippen LogP) is 4.89. The van der Waals surface area contributed by atoms with Crippen LogP contribution in [0.15, 0.2) is 60.8 Å². The fourth-order valence-corrected chi connectivity index (χ4v) is 4.21. The molecule has 0 fully saturated rings. The Labute approximate surface area is 150 Å². The molecule has 1 aromatic heterocycles. The summed E-state index contributed by atoms with van der Waals surface area (Å²) in [6.45, 7) is 6.88. The lowest BCUT2D eigenvalue weighted by Gasteiger charge is -2.41. The minimum absolute atomic E-state index is 0.0196. The predicted molar refractivity (Wildman–Crippen MR) is 104 cm³/mol. The van der Waals surface area contributed by atoms with Gasteiger partial charge in [-0.1, -0.05) is 44.2 Å². The first-order chi connectivity index (χ1) is 11.9. The van der Waals surface area contributed by atoms with Gasteiger partial charge < -0.3 is 4.90 Å². The quantitative estimate of drug-likeness (QED) is 0.576. The smallest absolute Gasteiger partial charge is 0.214 e. The monoisotopic (exact) mass is 329 g/mol. The molecule has 0 aliphatic carbocycles. The summed E-state index contributed by atoms with van der Waals surface area (Å²) in [6.07, 6.45) is 2.12. The molecule has 0 radical (unpaired) electrons. The van der Waals surface area contributed by atoms with Gasteiger partial charge in [-0.3, -0.25) is 0 Å². The molecule has 4 rings (SSSR count). The highest BCUT2D eigenvalue weighted by atomic mass is 15.1. The molecule has 0 atom stereocenters. The van der Waals surface area contributed by atoms with Gasteiger partial charge in [-0.05, 0) is 35.7 Å². The summed E-state index contributed by atoms with van der Waals surface area (Å²) >= 11 is 0. The average Bonchev–Trinajstić information content (AvgIpc) is 2.60. The summed E-state index contributed by atoms with van der Waals surface area (Å²) in [6, 6.07) is 19.8. The summed E-state index contributed by atoms with van der Waals surface area (Å²) in [5.41, 5.74) is 9.26. The number of nitrogens with zero attached hydrogens (tertiary/aromatic N) is 2. The Bertz CT molecular complexity index is 970. The van der Waals surface area contributed by atoms with Crippen LogP contribution in [0.5, 0.6) is 0 Å². The minimum Gasteiger partial charge on any atom is -0.343 e. The van der Waals surface area contributed by atoms with E-state index >= 15 is 0 Å². The third-order valence-electron chi connectivity index (χ3n) is 5.64. The number of benzene rings is 2. The molecule has 0 spiro atoms. The van der Waals surface area contributed by atoms with Crippen LogP contribution in [0.1, 0.15) is 30.5 Å².